The molecular weight excluding hydrogens is 256 g/mol. The number of rotatable bonds is 4. The normalized spacial score (nSPS) is 23.7. The quantitative estimate of drug-likeness (QED) is 0.861. The van der Waals surface area contributed by atoms with Gasteiger partial charge in [0.2, 0.25) is 5.91 Å². The third-order valence-corrected chi connectivity index (χ3v) is 4.79. The second kappa shape index (κ2) is 6.87. The van der Waals surface area contributed by atoms with Crippen LogP contribution in [0.1, 0.15) is 30.6 Å². The van der Waals surface area contributed by atoms with Crippen molar-refractivity contribution in [1.29, 1.82) is 0 Å². The maximum absolute atomic E-state index is 12.2. The Balaban J connectivity index is 1.97. The summed E-state index contributed by atoms with van der Waals surface area (Å²) in [7, 11) is 1.90. The zero-order valence-electron chi connectivity index (χ0n) is 11.4. The van der Waals surface area contributed by atoms with E-state index in [1.807, 2.05) is 35.5 Å². The molecule has 0 spiro atoms. The Kier molecular flexibility index (Phi) is 5.16. The highest BCUT2D eigenvalue weighted by Crippen LogP contribution is 2.27. The van der Waals surface area contributed by atoms with E-state index in [4.69, 9.17) is 5.73 Å². The lowest BCUT2D eigenvalue weighted by atomic mass is 9.83. The van der Waals surface area contributed by atoms with Gasteiger partial charge in [0.15, 0.2) is 0 Å². The van der Waals surface area contributed by atoms with E-state index in [9.17, 15) is 4.79 Å². The molecule has 1 heterocycles. The largest absolute Gasteiger partial charge is 0.339 e. The van der Waals surface area contributed by atoms with Crippen molar-refractivity contribution in [3.8, 4) is 0 Å². The number of hydrogen-bond acceptors (Lipinski definition) is 3. The molecule has 1 saturated carbocycles. The summed E-state index contributed by atoms with van der Waals surface area (Å²) in [6.07, 6.45) is 8.24. The Bertz CT molecular complexity index is 427. The predicted molar refractivity (Wildman–Crippen MR) is 80.9 cm³/mol. The maximum atomic E-state index is 12.2. The van der Waals surface area contributed by atoms with Crippen molar-refractivity contribution in [2.45, 2.75) is 31.7 Å². The molecule has 0 aliphatic heterocycles. The molecule has 0 aromatic carbocycles. The summed E-state index contributed by atoms with van der Waals surface area (Å²) in [5.41, 5.74) is 5.83. The molecule has 1 amide bonds. The van der Waals surface area contributed by atoms with Crippen LogP contribution in [0, 0.1) is 5.92 Å². The molecule has 1 aliphatic carbocycles. The second-order valence-electron chi connectivity index (χ2n) is 5.15. The molecule has 2 atom stereocenters. The molecule has 1 aromatic heterocycles. The lowest BCUT2D eigenvalue weighted by Gasteiger charge is -2.37. The molecule has 1 aromatic rings. The molecule has 19 heavy (non-hydrogen) atoms. The van der Waals surface area contributed by atoms with Gasteiger partial charge in [-0.15, -0.1) is 11.3 Å². The van der Waals surface area contributed by atoms with Crippen molar-refractivity contribution in [1.82, 2.24) is 4.90 Å². The smallest absolute Gasteiger partial charge is 0.246 e. The van der Waals surface area contributed by atoms with Gasteiger partial charge in [0, 0.05) is 24.0 Å². The van der Waals surface area contributed by atoms with Gasteiger partial charge in [0.05, 0.1) is 0 Å². The van der Waals surface area contributed by atoms with Gasteiger partial charge in [-0.3, -0.25) is 4.79 Å². The molecule has 0 bridgehead atoms. The highest BCUT2D eigenvalue weighted by atomic mass is 32.1. The molecule has 1 aliphatic rings. The fourth-order valence-electron chi connectivity index (χ4n) is 2.79. The number of amides is 1. The van der Waals surface area contributed by atoms with Crippen LogP contribution in [0.2, 0.25) is 0 Å². The molecule has 2 rings (SSSR count). The van der Waals surface area contributed by atoms with Crippen LogP contribution in [0.3, 0.4) is 0 Å². The average molecular weight is 278 g/mol. The van der Waals surface area contributed by atoms with Crippen LogP contribution in [0.4, 0.5) is 0 Å². The molecule has 2 N–H and O–H groups in total. The topological polar surface area (TPSA) is 46.3 Å². The van der Waals surface area contributed by atoms with Crippen molar-refractivity contribution in [2.75, 3.05) is 13.6 Å². The fourth-order valence-corrected chi connectivity index (χ4v) is 3.41. The number of carbonyl (C=O) groups is 1. The van der Waals surface area contributed by atoms with E-state index >= 15 is 0 Å². The van der Waals surface area contributed by atoms with E-state index in [0.717, 1.165) is 17.7 Å². The van der Waals surface area contributed by atoms with E-state index in [-0.39, 0.29) is 5.91 Å². The maximum Gasteiger partial charge on any atom is 0.246 e. The van der Waals surface area contributed by atoms with E-state index in [2.05, 4.69) is 0 Å². The first-order chi connectivity index (χ1) is 9.22. The van der Waals surface area contributed by atoms with Crippen LogP contribution in [0.25, 0.3) is 6.08 Å². The molecule has 2 unspecified atom stereocenters. The van der Waals surface area contributed by atoms with Crippen molar-refractivity contribution < 1.29 is 4.79 Å². The first-order valence-electron chi connectivity index (χ1n) is 6.91. The van der Waals surface area contributed by atoms with Crippen molar-refractivity contribution in [3.63, 3.8) is 0 Å². The summed E-state index contributed by atoms with van der Waals surface area (Å²) in [6, 6.07) is 4.31. The highest BCUT2D eigenvalue weighted by Gasteiger charge is 2.28. The van der Waals surface area contributed by atoms with Gasteiger partial charge in [0.1, 0.15) is 0 Å². The van der Waals surface area contributed by atoms with E-state index in [0.29, 0.717) is 18.5 Å². The van der Waals surface area contributed by atoms with Crippen LogP contribution in [0.15, 0.2) is 23.6 Å². The first-order valence-corrected chi connectivity index (χ1v) is 7.78. The fraction of sp³-hybridized carbons (Fsp3) is 0.533. The molecule has 104 valence electrons. The SMILES string of the molecule is CN(C(=O)C=Cc1cccs1)C1CCCCC1CN. The van der Waals surface area contributed by atoms with Gasteiger partial charge in [-0.2, -0.15) is 0 Å². The van der Waals surface area contributed by atoms with E-state index in [1.54, 1.807) is 17.4 Å². The van der Waals surface area contributed by atoms with Crippen molar-refractivity contribution in [3.05, 3.63) is 28.5 Å². The Morgan fingerprint density at radius 2 is 2.32 bits per heavy atom. The first kappa shape index (κ1) is 14.3. The minimum absolute atomic E-state index is 0.0822. The van der Waals surface area contributed by atoms with E-state index < -0.39 is 0 Å². The molecule has 0 radical (unpaired) electrons. The average Bonchev–Trinajstić information content (AvgIpc) is 2.97. The van der Waals surface area contributed by atoms with Crippen molar-refractivity contribution >= 4 is 23.3 Å². The summed E-state index contributed by atoms with van der Waals surface area (Å²) < 4.78 is 0. The standard InChI is InChI=1S/C15H22N2OS/c1-17(14-7-3-2-5-12(14)11-16)15(18)9-8-13-6-4-10-19-13/h4,6,8-10,12,14H,2-3,5,7,11,16H2,1H3. The Morgan fingerprint density at radius 1 is 1.53 bits per heavy atom. The number of nitrogens with zero attached hydrogens (tertiary/aromatic N) is 1. The Morgan fingerprint density at radius 3 is 3.00 bits per heavy atom. The molecule has 1 fully saturated rings. The zero-order valence-corrected chi connectivity index (χ0v) is 12.2. The number of likely N-dealkylation sites (N-methyl/N-ethyl adjacent to an activating group) is 1. The third-order valence-electron chi connectivity index (χ3n) is 3.95. The number of thiophene rings is 1. The van der Waals surface area contributed by atoms with Crippen LogP contribution < -0.4 is 5.73 Å². The van der Waals surface area contributed by atoms with Gasteiger partial charge in [-0.05, 0) is 42.8 Å². The Hall–Kier alpha value is -1.13. The minimum atomic E-state index is 0.0822. The van der Waals surface area contributed by atoms with Gasteiger partial charge in [-0.25, -0.2) is 0 Å². The molecule has 0 saturated heterocycles. The number of nitrogens with two attached hydrogens (primary N) is 1. The van der Waals surface area contributed by atoms with Gasteiger partial charge in [0.25, 0.3) is 0 Å². The summed E-state index contributed by atoms with van der Waals surface area (Å²) in [4.78, 5) is 15.2. The number of hydrogen-bond donors (Lipinski definition) is 1. The molecular formula is C15H22N2OS. The summed E-state index contributed by atoms with van der Waals surface area (Å²) >= 11 is 1.64. The van der Waals surface area contributed by atoms with E-state index in [1.165, 1.54) is 12.8 Å². The highest BCUT2D eigenvalue weighted by molar-refractivity contribution is 7.10. The van der Waals surface area contributed by atoms with Crippen LogP contribution in [-0.4, -0.2) is 30.4 Å². The zero-order chi connectivity index (χ0) is 13.7. The molecule has 3 nitrogen and oxygen atoms in total. The lowest BCUT2D eigenvalue weighted by molar-refractivity contribution is -0.128. The summed E-state index contributed by atoms with van der Waals surface area (Å²) in [5, 5.41) is 2.01. The summed E-state index contributed by atoms with van der Waals surface area (Å²) in [5.74, 6) is 0.539. The Labute approximate surface area is 119 Å². The lowest BCUT2D eigenvalue weighted by Crippen LogP contribution is -2.45. The number of carbonyl (C=O) groups excluding carboxylic acids is 1. The van der Waals surface area contributed by atoms with Gasteiger partial charge < -0.3 is 10.6 Å². The van der Waals surface area contributed by atoms with Crippen LogP contribution >= 0.6 is 11.3 Å². The summed E-state index contributed by atoms with van der Waals surface area (Å²) in [6.45, 7) is 0.678. The predicted octanol–water partition coefficient (Wildman–Crippen LogP) is 2.74. The second-order valence-corrected chi connectivity index (χ2v) is 6.12. The van der Waals surface area contributed by atoms with Gasteiger partial charge >= 0.3 is 0 Å². The minimum Gasteiger partial charge on any atom is -0.339 e. The van der Waals surface area contributed by atoms with Gasteiger partial charge in [-0.1, -0.05) is 18.9 Å². The van der Waals surface area contributed by atoms with Crippen LogP contribution in [0.5, 0.6) is 0 Å². The third kappa shape index (κ3) is 3.67. The van der Waals surface area contributed by atoms with Crippen molar-refractivity contribution in [2.24, 2.45) is 11.7 Å². The molecule has 4 heteroatoms. The van der Waals surface area contributed by atoms with Crippen LogP contribution in [-0.2, 0) is 4.79 Å². The monoisotopic (exact) mass is 278 g/mol.